The summed E-state index contributed by atoms with van der Waals surface area (Å²) in [5.74, 6) is 0.0513. The zero-order valence-corrected chi connectivity index (χ0v) is 18.3. The molecule has 29 heavy (non-hydrogen) atoms. The van der Waals surface area contributed by atoms with Crippen molar-refractivity contribution in [3.63, 3.8) is 0 Å². The van der Waals surface area contributed by atoms with Crippen molar-refractivity contribution < 1.29 is 4.79 Å². The predicted octanol–water partition coefficient (Wildman–Crippen LogP) is 5.33. The molecular weight excluding hydrogens is 402 g/mol. The van der Waals surface area contributed by atoms with E-state index >= 15 is 0 Å². The molecule has 0 aliphatic carbocycles. The number of fused-ring (bicyclic) bond motifs is 2. The highest BCUT2D eigenvalue weighted by Gasteiger charge is 2.19. The first-order chi connectivity index (χ1) is 14.1. The second-order valence-corrected chi connectivity index (χ2v) is 8.86. The normalized spacial score (nSPS) is 13.3. The topological polar surface area (TPSA) is 45.2 Å². The molecule has 1 aliphatic rings. The van der Waals surface area contributed by atoms with Gasteiger partial charge in [0.05, 0.1) is 16.8 Å². The van der Waals surface area contributed by atoms with Gasteiger partial charge in [-0.2, -0.15) is 4.37 Å². The Labute approximate surface area is 181 Å². The van der Waals surface area contributed by atoms with Gasteiger partial charge in [0.25, 0.3) is 0 Å². The minimum absolute atomic E-state index is 0.0513. The predicted molar refractivity (Wildman–Crippen MR) is 122 cm³/mol. The van der Waals surface area contributed by atoms with Crippen molar-refractivity contribution in [2.24, 2.45) is 0 Å². The van der Waals surface area contributed by atoms with Crippen LogP contribution in [-0.4, -0.2) is 34.8 Å². The van der Waals surface area contributed by atoms with Crippen molar-refractivity contribution >= 4 is 44.8 Å². The van der Waals surface area contributed by atoms with E-state index in [0.29, 0.717) is 6.42 Å². The highest BCUT2D eigenvalue weighted by molar-refractivity contribution is 7.13. The first kappa shape index (κ1) is 20.3. The Morgan fingerprint density at radius 3 is 2.90 bits per heavy atom. The number of halogens is 1. The van der Waals surface area contributed by atoms with Gasteiger partial charge in [0.2, 0.25) is 5.91 Å². The third-order valence-corrected chi connectivity index (χ3v) is 6.69. The Balaban J connectivity index is 1.34. The van der Waals surface area contributed by atoms with Gasteiger partial charge in [-0.1, -0.05) is 42.8 Å². The van der Waals surface area contributed by atoms with E-state index in [1.54, 1.807) is 11.5 Å². The molecule has 6 heteroatoms. The number of nitrogens with one attached hydrogen (secondary N) is 1. The lowest BCUT2D eigenvalue weighted by Gasteiger charge is -2.22. The zero-order valence-electron chi connectivity index (χ0n) is 16.7. The number of rotatable bonds is 9. The molecule has 1 aromatic heterocycles. The van der Waals surface area contributed by atoms with E-state index < -0.39 is 0 Å². The maximum atomic E-state index is 11.6. The second kappa shape index (κ2) is 9.24. The van der Waals surface area contributed by atoms with Crippen molar-refractivity contribution in [2.45, 2.75) is 39.0 Å². The number of amides is 1. The van der Waals surface area contributed by atoms with Crippen molar-refractivity contribution in [1.29, 1.82) is 0 Å². The summed E-state index contributed by atoms with van der Waals surface area (Å²) in [7, 11) is 0. The molecule has 3 aromatic rings. The molecular formula is C23H26ClN3OS. The first-order valence-corrected chi connectivity index (χ1v) is 11.5. The number of hydrogen-bond donors (Lipinski definition) is 1. The maximum Gasteiger partial charge on any atom is 0.228 e. The molecule has 0 bridgehead atoms. The average molecular weight is 428 g/mol. The number of nitrogens with zero attached hydrogens (tertiary/aromatic N) is 2. The lowest BCUT2D eigenvalue weighted by atomic mass is 10.1. The number of carbonyl (C=O) groups excluding carboxylic acids is 1. The van der Waals surface area contributed by atoms with Gasteiger partial charge in [-0.3, -0.25) is 4.79 Å². The van der Waals surface area contributed by atoms with Crippen LogP contribution in [0.5, 0.6) is 0 Å². The minimum atomic E-state index is 0.0513. The van der Waals surface area contributed by atoms with Crippen molar-refractivity contribution in [3.8, 4) is 0 Å². The van der Waals surface area contributed by atoms with Crippen LogP contribution >= 0.6 is 23.1 Å². The van der Waals surface area contributed by atoms with E-state index in [1.165, 1.54) is 15.8 Å². The summed E-state index contributed by atoms with van der Waals surface area (Å²) in [6, 6.07) is 12.5. The molecule has 4 nitrogen and oxygen atoms in total. The quantitative estimate of drug-likeness (QED) is 0.501. The van der Waals surface area contributed by atoms with Gasteiger partial charge in [0.15, 0.2) is 0 Å². The van der Waals surface area contributed by atoms with Crippen LogP contribution in [0.15, 0.2) is 36.4 Å². The molecule has 152 valence electrons. The summed E-state index contributed by atoms with van der Waals surface area (Å²) in [6.07, 6.45) is 4.61. The molecule has 1 N–H and O–H groups in total. The summed E-state index contributed by atoms with van der Waals surface area (Å²) in [6.45, 7) is 5.34. The van der Waals surface area contributed by atoms with Crippen molar-refractivity contribution in [1.82, 2.24) is 9.27 Å². The van der Waals surface area contributed by atoms with E-state index in [9.17, 15) is 4.79 Å². The summed E-state index contributed by atoms with van der Waals surface area (Å²) in [5.41, 5.74) is 4.28. The minimum Gasteiger partial charge on any atom is -0.325 e. The fourth-order valence-electron chi connectivity index (χ4n) is 4.01. The largest absolute Gasteiger partial charge is 0.325 e. The monoisotopic (exact) mass is 427 g/mol. The summed E-state index contributed by atoms with van der Waals surface area (Å²) in [4.78, 5) is 14.1. The molecule has 0 saturated heterocycles. The Morgan fingerprint density at radius 2 is 2.03 bits per heavy atom. The Kier molecular flexibility index (Phi) is 6.48. The van der Waals surface area contributed by atoms with Gasteiger partial charge >= 0.3 is 0 Å². The Bertz CT molecular complexity index is 1020. The molecule has 0 spiro atoms. The van der Waals surface area contributed by atoms with Crippen LogP contribution in [0.2, 0.25) is 5.02 Å². The first-order valence-electron chi connectivity index (χ1n) is 10.3. The second-order valence-electron chi connectivity index (χ2n) is 7.65. The van der Waals surface area contributed by atoms with Gasteiger partial charge in [-0.25, -0.2) is 0 Å². The van der Waals surface area contributed by atoms with Gasteiger partial charge in [-0.05, 0) is 73.6 Å². The average Bonchev–Trinajstić information content (AvgIpc) is 3.28. The third kappa shape index (κ3) is 4.80. The number of carbonyl (C=O) groups is 1. The number of hydrogen-bond acceptors (Lipinski definition) is 4. The van der Waals surface area contributed by atoms with Crippen LogP contribution in [0.4, 0.5) is 5.69 Å². The van der Waals surface area contributed by atoms with E-state index in [0.717, 1.165) is 67.2 Å². The van der Waals surface area contributed by atoms with Crippen LogP contribution in [0.3, 0.4) is 0 Å². The number of aromatic nitrogens is 1. The van der Waals surface area contributed by atoms with E-state index in [2.05, 4.69) is 51.8 Å². The molecule has 0 atom stereocenters. The molecule has 4 rings (SSSR count). The molecule has 0 unspecified atom stereocenters. The standard InChI is InChI=1S/C23H26ClN3OS/c1-2-10-27(11-5-7-20-18-6-3-4-8-22(18)29-26-20)12-9-16-13-17-14-23(28)25-21(17)15-19(16)24/h3-4,6,8,13,15H,2,5,7,9-12,14H2,1H3,(H,25,28). The van der Waals surface area contributed by atoms with Gasteiger partial charge in [-0.15, -0.1) is 0 Å². The van der Waals surface area contributed by atoms with Crippen molar-refractivity contribution in [2.75, 3.05) is 25.0 Å². The smallest absolute Gasteiger partial charge is 0.228 e. The van der Waals surface area contributed by atoms with Gasteiger partial charge < -0.3 is 10.2 Å². The van der Waals surface area contributed by atoms with Crippen LogP contribution < -0.4 is 5.32 Å². The van der Waals surface area contributed by atoms with Gasteiger partial charge in [0, 0.05) is 22.6 Å². The molecule has 0 radical (unpaired) electrons. The molecule has 1 aliphatic heterocycles. The SMILES string of the molecule is CCCN(CCCc1nsc2ccccc12)CCc1cc2c(cc1Cl)NC(=O)C2. The fourth-order valence-corrected chi connectivity index (χ4v) is 5.09. The molecule has 2 heterocycles. The molecule has 0 saturated carbocycles. The number of aryl methyl sites for hydroxylation is 1. The Hall–Kier alpha value is -1.95. The fraction of sp³-hybridized carbons (Fsp3) is 0.391. The highest BCUT2D eigenvalue weighted by atomic mass is 35.5. The molecule has 0 fully saturated rings. The van der Waals surface area contributed by atoms with Crippen LogP contribution in [0, 0.1) is 0 Å². The molecule has 1 amide bonds. The van der Waals surface area contributed by atoms with Crippen molar-refractivity contribution in [3.05, 3.63) is 58.2 Å². The summed E-state index contributed by atoms with van der Waals surface area (Å²) in [5, 5.41) is 4.91. The van der Waals surface area contributed by atoms with Crippen LogP contribution in [0.25, 0.3) is 10.1 Å². The summed E-state index contributed by atoms with van der Waals surface area (Å²) < 4.78 is 5.93. The van der Waals surface area contributed by atoms with Gasteiger partial charge in [0.1, 0.15) is 0 Å². The highest BCUT2D eigenvalue weighted by Crippen LogP contribution is 2.30. The number of benzene rings is 2. The van der Waals surface area contributed by atoms with Crippen LogP contribution in [-0.2, 0) is 24.1 Å². The lowest BCUT2D eigenvalue weighted by molar-refractivity contribution is -0.115. The lowest BCUT2D eigenvalue weighted by Crippen LogP contribution is -2.28. The Morgan fingerprint density at radius 1 is 1.17 bits per heavy atom. The molecule has 2 aromatic carbocycles. The van der Waals surface area contributed by atoms with E-state index in [4.69, 9.17) is 11.6 Å². The number of anilines is 1. The van der Waals surface area contributed by atoms with Crippen LogP contribution in [0.1, 0.15) is 36.6 Å². The van der Waals surface area contributed by atoms with E-state index in [1.807, 2.05) is 6.07 Å². The zero-order chi connectivity index (χ0) is 20.2. The summed E-state index contributed by atoms with van der Waals surface area (Å²) >= 11 is 8.06. The third-order valence-electron chi connectivity index (χ3n) is 5.47. The maximum absolute atomic E-state index is 11.6. The van der Waals surface area contributed by atoms with E-state index in [-0.39, 0.29) is 5.91 Å².